The van der Waals surface area contributed by atoms with Crippen LogP contribution in [0.25, 0.3) is 32.9 Å². The zero-order valence-electron chi connectivity index (χ0n) is 15.5. The van der Waals surface area contributed by atoms with Gasteiger partial charge in [0, 0.05) is 5.02 Å². The lowest BCUT2D eigenvalue weighted by Gasteiger charge is -2.13. The predicted octanol–water partition coefficient (Wildman–Crippen LogP) is 6.11. The SMILES string of the molecule is O=C(Nc1oc2ccc(Cl)cc2c(=O)c1-c1cccc2ccccc12)c1ccco1. The summed E-state index contributed by atoms with van der Waals surface area (Å²) < 4.78 is 11.1. The number of anilines is 1. The van der Waals surface area contributed by atoms with Gasteiger partial charge in [-0.15, -0.1) is 0 Å². The van der Waals surface area contributed by atoms with Crippen molar-refractivity contribution in [2.45, 2.75) is 0 Å². The highest BCUT2D eigenvalue weighted by Crippen LogP contribution is 2.34. The van der Waals surface area contributed by atoms with E-state index in [2.05, 4.69) is 5.32 Å². The van der Waals surface area contributed by atoms with E-state index in [0.717, 1.165) is 10.8 Å². The molecule has 0 bridgehead atoms. The maximum absolute atomic E-state index is 13.5. The van der Waals surface area contributed by atoms with Crippen LogP contribution in [-0.4, -0.2) is 5.91 Å². The van der Waals surface area contributed by atoms with Gasteiger partial charge < -0.3 is 8.83 Å². The van der Waals surface area contributed by atoms with E-state index in [1.807, 2.05) is 42.5 Å². The summed E-state index contributed by atoms with van der Waals surface area (Å²) in [6.45, 7) is 0. The van der Waals surface area contributed by atoms with Gasteiger partial charge in [0.25, 0.3) is 5.91 Å². The highest BCUT2D eigenvalue weighted by Gasteiger charge is 2.21. The van der Waals surface area contributed by atoms with E-state index in [4.69, 9.17) is 20.4 Å². The second-order valence-corrected chi connectivity index (χ2v) is 7.17. The fourth-order valence-corrected chi connectivity index (χ4v) is 3.69. The quantitative estimate of drug-likeness (QED) is 0.385. The first-order valence-electron chi connectivity index (χ1n) is 9.21. The van der Waals surface area contributed by atoms with Crippen molar-refractivity contribution >= 4 is 45.1 Å². The number of hydrogen-bond acceptors (Lipinski definition) is 4. The van der Waals surface area contributed by atoms with Crippen molar-refractivity contribution in [2.75, 3.05) is 5.32 Å². The summed E-state index contributed by atoms with van der Waals surface area (Å²) >= 11 is 6.11. The summed E-state index contributed by atoms with van der Waals surface area (Å²) in [5.74, 6) is -0.358. The number of nitrogens with one attached hydrogen (secondary N) is 1. The fraction of sp³-hybridized carbons (Fsp3) is 0. The topological polar surface area (TPSA) is 72.5 Å². The Morgan fingerprint density at radius 3 is 2.57 bits per heavy atom. The Morgan fingerprint density at radius 2 is 1.73 bits per heavy atom. The minimum absolute atomic E-state index is 0.0487. The lowest BCUT2D eigenvalue weighted by atomic mass is 9.97. The van der Waals surface area contributed by atoms with Crippen molar-refractivity contribution < 1.29 is 13.6 Å². The van der Waals surface area contributed by atoms with Crippen LogP contribution in [0.5, 0.6) is 0 Å². The number of halogens is 1. The molecule has 146 valence electrons. The van der Waals surface area contributed by atoms with Gasteiger partial charge in [0.15, 0.2) is 5.76 Å². The third-order valence-corrected chi connectivity index (χ3v) is 5.12. The van der Waals surface area contributed by atoms with E-state index >= 15 is 0 Å². The highest BCUT2D eigenvalue weighted by molar-refractivity contribution is 6.31. The Balaban J connectivity index is 1.81. The molecule has 1 amide bonds. The molecule has 0 unspecified atom stereocenters. The molecule has 30 heavy (non-hydrogen) atoms. The molecule has 0 aliphatic carbocycles. The largest absolute Gasteiger partial charge is 0.459 e. The van der Waals surface area contributed by atoms with Crippen LogP contribution in [0.1, 0.15) is 10.6 Å². The molecule has 0 spiro atoms. The van der Waals surface area contributed by atoms with Gasteiger partial charge in [-0.1, -0.05) is 54.1 Å². The van der Waals surface area contributed by atoms with Gasteiger partial charge >= 0.3 is 0 Å². The summed E-state index contributed by atoms with van der Waals surface area (Å²) in [7, 11) is 0. The zero-order valence-corrected chi connectivity index (χ0v) is 16.3. The summed E-state index contributed by atoms with van der Waals surface area (Å²) in [6.07, 6.45) is 1.40. The Morgan fingerprint density at radius 1 is 0.900 bits per heavy atom. The van der Waals surface area contributed by atoms with Gasteiger partial charge in [-0.25, -0.2) is 0 Å². The predicted molar refractivity (Wildman–Crippen MR) is 117 cm³/mol. The lowest BCUT2D eigenvalue weighted by Crippen LogP contribution is -2.16. The molecule has 0 saturated heterocycles. The number of fused-ring (bicyclic) bond motifs is 2. The zero-order chi connectivity index (χ0) is 20.7. The van der Waals surface area contributed by atoms with Gasteiger partial charge in [-0.2, -0.15) is 0 Å². The monoisotopic (exact) mass is 415 g/mol. The average molecular weight is 416 g/mol. The van der Waals surface area contributed by atoms with Crippen LogP contribution in [0.15, 0.2) is 92.7 Å². The second-order valence-electron chi connectivity index (χ2n) is 6.73. The molecule has 0 aliphatic rings. The van der Waals surface area contributed by atoms with Crippen LogP contribution >= 0.6 is 11.6 Å². The molecule has 5 nitrogen and oxygen atoms in total. The minimum Gasteiger partial charge on any atom is -0.459 e. The van der Waals surface area contributed by atoms with Gasteiger partial charge in [-0.05, 0) is 46.7 Å². The average Bonchev–Trinajstić information content (AvgIpc) is 3.30. The molecule has 5 aromatic rings. The molecule has 0 aliphatic heterocycles. The first kappa shape index (κ1) is 18.2. The molecule has 2 aromatic heterocycles. The van der Waals surface area contributed by atoms with E-state index in [0.29, 0.717) is 21.6 Å². The van der Waals surface area contributed by atoms with Crippen LogP contribution in [0.2, 0.25) is 5.02 Å². The number of benzene rings is 3. The Bertz CT molecular complexity index is 1460. The Kier molecular flexibility index (Phi) is 4.38. The number of amides is 1. The van der Waals surface area contributed by atoms with Crippen LogP contribution in [0.3, 0.4) is 0 Å². The summed E-state index contributed by atoms with van der Waals surface area (Å²) in [5.41, 5.74) is 0.938. The van der Waals surface area contributed by atoms with Gasteiger partial charge in [0.05, 0.1) is 17.2 Å². The first-order valence-corrected chi connectivity index (χ1v) is 9.59. The van der Waals surface area contributed by atoms with E-state index < -0.39 is 5.91 Å². The van der Waals surface area contributed by atoms with Crippen molar-refractivity contribution in [1.29, 1.82) is 0 Å². The third-order valence-electron chi connectivity index (χ3n) is 4.88. The maximum atomic E-state index is 13.5. The summed E-state index contributed by atoms with van der Waals surface area (Å²) in [4.78, 5) is 26.2. The van der Waals surface area contributed by atoms with E-state index in [-0.39, 0.29) is 22.6 Å². The number of carbonyl (C=O) groups excluding carboxylic acids is 1. The van der Waals surface area contributed by atoms with Crippen molar-refractivity contribution in [3.8, 4) is 11.1 Å². The number of hydrogen-bond donors (Lipinski definition) is 1. The van der Waals surface area contributed by atoms with Gasteiger partial charge in [-0.3, -0.25) is 14.9 Å². The molecule has 0 saturated carbocycles. The number of carbonyl (C=O) groups is 1. The van der Waals surface area contributed by atoms with E-state index in [1.54, 1.807) is 24.3 Å². The summed E-state index contributed by atoms with van der Waals surface area (Å²) in [5, 5.41) is 5.27. The van der Waals surface area contributed by atoms with Crippen molar-refractivity contribution in [3.63, 3.8) is 0 Å². The fourth-order valence-electron chi connectivity index (χ4n) is 3.52. The molecule has 0 fully saturated rings. The normalized spacial score (nSPS) is 11.1. The van der Waals surface area contributed by atoms with Gasteiger partial charge in [0.1, 0.15) is 5.58 Å². The second kappa shape index (κ2) is 7.21. The molecular weight excluding hydrogens is 402 g/mol. The van der Waals surface area contributed by atoms with E-state index in [9.17, 15) is 9.59 Å². The van der Waals surface area contributed by atoms with Crippen molar-refractivity contribution in [1.82, 2.24) is 0 Å². The standard InChI is InChI=1S/C24H14ClNO4/c25-15-10-11-19-18(13-15)22(27)21(17-8-3-6-14-5-1-2-7-16(14)17)24(30-19)26-23(28)20-9-4-12-29-20/h1-13H,(H,26,28). The maximum Gasteiger partial charge on any atom is 0.293 e. The molecular formula is C24H14ClNO4. The molecule has 0 atom stereocenters. The van der Waals surface area contributed by atoms with Crippen LogP contribution < -0.4 is 10.7 Å². The van der Waals surface area contributed by atoms with E-state index in [1.165, 1.54) is 12.3 Å². The lowest BCUT2D eigenvalue weighted by molar-refractivity contribution is 0.0994. The Labute approximate surface area is 175 Å². The molecule has 5 rings (SSSR count). The molecule has 3 aromatic carbocycles. The van der Waals surface area contributed by atoms with Crippen LogP contribution in [0, 0.1) is 0 Å². The molecule has 1 N–H and O–H groups in total. The highest BCUT2D eigenvalue weighted by atomic mass is 35.5. The van der Waals surface area contributed by atoms with Gasteiger partial charge in [0.2, 0.25) is 11.3 Å². The minimum atomic E-state index is -0.516. The molecule has 2 heterocycles. The number of rotatable bonds is 3. The van der Waals surface area contributed by atoms with Crippen molar-refractivity contribution in [2.24, 2.45) is 0 Å². The Hall–Kier alpha value is -3.83. The molecule has 6 heteroatoms. The summed E-state index contributed by atoms with van der Waals surface area (Å²) in [6, 6.07) is 21.3. The van der Waals surface area contributed by atoms with Crippen LogP contribution in [0.4, 0.5) is 5.88 Å². The number of furan rings is 1. The smallest absolute Gasteiger partial charge is 0.293 e. The first-order chi connectivity index (χ1) is 14.6. The van der Waals surface area contributed by atoms with Crippen molar-refractivity contribution in [3.05, 3.63) is 100 Å². The van der Waals surface area contributed by atoms with Crippen LogP contribution in [-0.2, 0) is 0 Å². The third kappa shape index (κ3) is 3.06. The molecule has 0 radical (unpaired) electrons.